The highest BCUT2D eigenvalue weighted by atomic mass is 32.1. The Hall–Kier alpha value is -2.48. The largest absolute Gasteiger partial charge is 0.368 e. The number of hydrogen-bond donors (Lipinski definition) is 0. The number of rotatable bonds is 3. The molecule has 3 rings (SSSR count). The molecule has 0 unspecified atom stereocenters. The molecule has 1 saturated heterocycles. The molecule has 7 nitrogen and oxygen atoms in total. The smallest absolute Gasteiger partial charge is 0.271 e. The number of amides is 1. The van der Waals surface area contributed by atoms with Crippen molar-refractivity contribution in [2.45, 2.75) is 6.92 Å². The minimum atomic E-state index is -0.393. The Kier molecular flexibility index (Phi) is 4.24. The molecule has 0 bridgehead atoms. The summed E-state index contributed by atoms with van der Waals surface area (Å²) in [4.78, 5) is 31.6. The third-order valence-electron chi connectivity index (χ3n) is 3.91. The molecule has 0 spiro atoms. The molecule has 0 atom stereocenters. The van der Waals surface area contributed by atoms with Gasteiger partial charge in [0.2, 0.25) is 0 Å². The van der Waals surface area contributed by atoms with E-state index in [1.54, 1.807) is 17.6 Å². The van der Waals surface area contributed by atoms with E-state index in [1.165, 1.54) is 17.4 Å². The number of anilines is 1. The molecule has 2 aromatic rings. The summed E-state index contributed by atoms with van der Waals surface area (Å²) in [6.45, 7) is 4.34. The second kappa shape index (κ2) is 6.33. The van der Waals surface area contributed by atoms with Gasteiger partial charge in [-0.05, 0) is 13.0 Å². The van der Waals surface area contributed by atoms with Gasteiger partial charge in [-0.25, -0.2) is 4.98 Å². The molecule has 1 aromatic heterocycles. The van der Waals surface area contributed by atoms with Crippen molar-refractivity contribution in [1.82, 2.24) is 9.88 Å². The van der Waals surface area contributed by atoms with Crippen molar-refractivity contribution in [2.24, 2.45) is 0 Å². The lowest BCUT2D eigenvalue weighted by atomic mass is 10.2. The molecule has 1 aliphatic heterocycles. The lowest BCUT2D eigenvalue weighted by Gasteiger charge is -2.35. The van der Waals surface area contributed by atoms with E-state index in [0.29, 0.717) is 31.1 Å². The molecule has 0 saturated carbocycles. The maximum absolute atomic E-state index is 12.5. The third-order valence-corrected chi connectivity index (χ3v) is 4.83. The Bertz CT molecular complexity index is 738. The highest BCUT2D eigenvalue weighted by Crippen LogP contribution is 2.23. The summed E-state index contributed by atoms with van der Waals surface area (Å²) in [5, 5.41) is 10.9. The van der Waals surface area contributed by atoms with Crippen LogP contribution in [0.25, 0.3) is 0 Å². The fourth-order valence-corrected chi connectivity index (χ4v) is 3.39. The van der Waals surface area contributed by atoms with Crippen molar-refractivity contribution in [1.29, 1.82) is 0 Å². The topological polar surface area (TPSA) is 79.6 Å². The van der Waals surface area contributed by atoms with Crippen molar-refractivity contribution >= 4 is 28.6 Å². The number of piperazine rings is 1. The summed E-state index contributed by atoms with van der Waals surface area (Å²) in [6.07, 6.45) is 0. The van der Waals surface area contributed by atoms with E-state index in [-0.39, 0.29) is 11.6 Å². The number of aromatic nitrogens is 1. The van der Waals surface area contributed by atoms with E-state index in [9.17, 15) is 14.9 Å². The third kappa shape index (κ3) is 3.16. The van der Waals surface area contributed by atoms with Crippen molar-refractivity contribution in [3.8, 4) is 0 Å². The average molecular weight is 332 g/mol. The maximum Gasteiger partial charge on any atom is 0.271 e. The maximum atomic E-state index is 12.5. The van der Waals surface area contributed by atoms with Crippen LogP contribution < -0.4 is 4.90 Å². The van der Waals surface area contributed by atoms with Crippen molar-refractivity contribution in [3.05, 3.63) is 50.5 Å². The van der Waals surface area contributed by atoms with Crippen LogP contribution in [0, 0.1) is 17.0 Å². The van der Waals surface area contributed by atoms with E-state index in [2.05, 4.69) is 9.88 Å². The number of carbonyl (C=O) groups excluding carboxylic acids is 1. The molecule has 1 aliphatic rings. The molecule has 0 N–H and O–H groups in total. The predicted molar refractivity (Wildman–Crippen MR) is 88.1 cm³/mol. The van der Waals surface area contributed by atoms with Gasteiger partial charge < -0.3 is 9.80 Å². The molecule has 1 aromatic carbocycles. The number of nitrogens with zero attached hydrogens (tertiary/aromatic N) is 4. The molecular formula is C15H16N4O3S. The van der Waals surface area contributed by atoms with Crippen LogP contribution in [-0.2, 0) is 0 Å². The Morgan fingerprint density at radius 3 is 2.65 bits per heavy atom. The van der Waals surface area contributed by atoms with Crippen LogP contribution in [0.1, 0.15) is 15.4 Å². The van der Waals surface area contributed by atoms with Crippen molar-refractivity contribution in [3.63, 3.8) is 0 Å². The number of carbonyl (C=O) groups is 1. The number of hydrogen-bond acceptors (Lipinski definition) is 6. The molecule has 1 amide bonds. The molecule has 0 aliphatic carbocycles. The van der Waals surface area contributed by atoms with Crippen LogP contribution in [0.15, 0.2) is 29.8 Å². The highest BCUT2D eigenvalue weighted by molar-refractivity contribution is 7.11. The van der Waals surface area contributed by atoms with Crippen LogP contribution in [0.5, 0.6) is 0 Å². The fourth-order valence-electron chi connectivity index (χ4n) is 2.62. The van der Waals surface area contributed by atoms with E-state index in [4.69, 9.17) is 0 Å². The zero-order valence-electron chi connectivity index (χ0n) is 12.6. The van der Waals surface area contributed by atoms with E-state index >= 15 is 0 Å². The van der Waals surface area contributed by atoms with Crippen molar-refractivity contribution < 1.29 is 9.72 Å². The monoisotopic (exact) mass is 332 g/mol. The molecule has 23 heavy (non-hydrogen) atoms. The molecule has 2 heterocycles. The summed E-state index contributed by atoms with van der Waals surface area (Å²) in [5.41, 5.74) is 3.35. The van der Waals surface area contributed by atoms with E-state index < -0.39 is 4.92 Å². The first-order valence-electron chi connectivity index (χ1n) is 7.25. The van der Waals surface area contributed by atoms with E-state index in [0.717, 1.165) is 11.4 Å². The number of nitro benzene ring substituents is 1. The first kappa shape index (κ1) is 15.4. The Morgan fingerprint density at radius 2 is 2.04 bits per heavy atom. The minimum absolute atomic E-state index is 0.0173. The van der Waals surface area contributed by atoms with Gasteiger partial charge in [0.1, 0.15) is 4.88 Å². The normalized spacial score (nSPS) is 14.8. The lowest BCUT2D eigenvalue weighted by molar-refractivity contribution is -0.384. The molecular weight excluding hydrogens is 316 g/mol. The van der Waals surface area contributed by atoms with Gasteiger partial charge in [0, 0.05) is 44.0 Å². The summed E-state index contributed by atoms with van der Waals surface area (Å²) >= 11 is 1.36. The zero-order valence-corrected chi connectivity index (χ0v) is 13.5. The summed E-state index contributed by atoms with van der Waals surface area (Å²) < 4.78 is 0. The fraction of sp³-hybridized carbons (Fsp3) is 0.333. The van der Waals surface area contributed by atoms with Gasteiger partial charge in [0.15, 0.2) is 0 Å². The van der Waals surface area contributed by atoms with Crippen LogP contribution in [-0.4, -0.2) is 46.9 Å². The lowest BCUT2D eigenvalue weighted by Crippen LogP contribution is -2.48. The van der Waals surface area contributed by atoms with Gasteiger partial charge in [-0.2, -0.15) is 0 Å². The van der Waals surface area contributed by atoms with Crippen molar-refractivity contribution in [2.75, 3.05) is 31.1 Å². The number of aryl methyl sites for hydroxylation is 1. The first-order chi connectivity index (χ1) is 11.1. The van der Waals surface area contributed by atoms with Gasteiger partial charge in [0.05, 0.1) is 16.1 Å². The molecule has 8 heteroatoms. The molecule has 0 radical (unpaired) electrons. The van der Waals surface area contributed by atoms with Crippen LogP contribution in [0.2, 0.25) is 0 Å². The summed E-state index contributed by atoms with van der Waals surface area (Å²) in [7, 11) is 0. The van der Waals surface area contributed by atoms with Gasteiger partial charge in [-0.15, -0.1) is 11.3 Å². The SMILES string of the molecule is Cc1ncsc1C(=O)N1CCN(c2cccc([N+](=O)[O-])c2)CC1. The van der Waals surface area contributed by atoms with Crippen LogP contribution in [0.4, 0.5) is 11.4 Å². The number of non-ortho nitro benzene ring substituents is 1. The quantitative estimate of drug-likeness (QED) is 0.636. The van der Waals surface area contributed by atoms with Crippen LogP contribution >= 0.6 is 11.3 Å². The van der Waals surface area contributed by atoms with Gasteiger partial charge in [0.25, 0.3) is 11.6 Å². The Labute approximate surface area is 137 Å². The highest BCUT2D eigenvalue weighted by Gasteiger charge is 2.25. The first-order valence-corrected chi connectivity index (χ1v) is 8.13. The standard InChI is InChI=1S/C15H16N4O3S/c1-11-14(23-10-16-11)15(20)18-7-5-17(6-8-18)12-3-2-4-13(9-12)19(21)22/h2-4,9-10H,5-8H2,1H3. The second-order valence-corrected chi connectivity index (χ2v) is 6.18. The van der Waals surface area contributed by atoms with Crippen LogP contribution in [0.3, 0.4) is 0 Å². The zero-order chi connectivity index (χ0) is 16.4. The van der Waals surface area contributed by atoms with Gasteiger partial charge >= 0.3 is 0 Å². The predicted octanol–water partition coefficient (Wildman–Crippen LogP) is 2.32. The number of nitro groups is 1. The van der Waals surface area contributed by atoms with Gasteiger partial charge in [-0.3, -0.25) is 14.9 Å². The molecule has 120 valence electrons. The second-order valence-electron chi connectivity index (χ2n) is 5.32. The minimum Gasteiger partial charge on any atom is -0.368 e. The number of benzene rings is 1. The van der Waals surface area contributed by atoms with E-state index in [1.807, 2.05) is 17.9 Å². The Morgan fingerprint density at radius 1 is 1.30 bits per heavy atom. The van der Waals surface area contributed by atoms with Gasteiger partial charge in [-0.1, -0.05) is 6.07 Å². The Balaban J connectivity index is 1.67. The number of thiazole rings is 1. The summed E-state index contributed by atoms with van der Waals surface area (Å²) in [5.74, 6) is 0.0173. The molecule has 1 fully saturated rings. The summed E-state index contributed by atoms with van der Waals surface area (Å²) in [6, 6.07) is 6.60. The average Bonchev–Trinajstić information content (AvgIpc) is 3.00.